The first kappa shape index (κ1) is 28.1. The van der Waals surface area contributed by atoms with Gasteiger partial charge in [-0.15, -0.1) is 10.2 Å². The maximum absolute atomic E-state index is 14.3. The molecular formula is C28H29F3N6O4. The van der Waals surface area contributed by atoms with Gasteiger partial charge in [-0.05, 0) is 48.6 Å². The molecule has 0 spiro atoms. The predicted octanol–water partition coefficient (Wildman–Crippen LogP) is 5.80. The van der Waals surface area contributed by atoms with Gasteiger partial charge in [-0.1, -0.05) is 26.8 Å². The lowest BCUT2D eigenvalue weighted by Crippen LogP contribution is -2.54. The highest BCUT2D eigenvalue weighted by molar-refractivity contribution is 5.95. The van der Waals surface area contributed by atoms with Crippen molar-refractivity contribution in [1.82, 2.24) is 24.5 Å². The van der Waals surface area contributed by atoms with Gasteiger partial charge in [0.15, 0.2) is 0 Å². The Kier molecular flexibility index (Phi) is 7.45. The summed E-state index contributed by atoms with van der Waals surface area (Å²) >= 11 is 0. The van der Waals surface area contributed by atoms with Crippen LogP contribution in [0.15, 0.2) is 53.2 Å². The van der Waals surface area contributed by atoms with Gasteiger partial charge in [-0.2, -0.15) is 8.78 Å². The Balaban J connectivity index is 1.44. The lowest BCUT2D eigenvalue weighted by molar-refractivity contribution is -0.125. The zero-order chi connectivity index (χ0) is 29.5. The van der Waals surface area contributed by atoms with Crippen molar-refractivity contribution in [3.05, 3.63) is 66.2 Å². The Labute approximate surface area is 233 Å². The summed E-state index contributed by atoms with van der Waals surface area (Å²) in [7, 11) is 0. The molecule has 3 aromatic heterocycles. The summed E-state index contributed by atoms with van der Waals surface area (Å²) in [6.45, 7) is 6.06. The number of benzene rings is 1. The summed E-state index contributed by atoms with van der Waals surface area (Å²) in [5.74, 6) is -2.10. The third-order valence-corrected chi connectivity index (χ3v) is 7.29. The van der Waals surface area contributed by atoms with E-state index in [-0.39, 0.29) is 30.9 Å². The molecule has 216 valence electrons. The average molecular weight is 571 g/mol. The predicted molar refractivity (Wildman–Crippen MR) is 142 cm³/mol. The number of piperidine rings is 1. The number of halogens is 3. The van der Waals surface area contributed by atoms with Crippen molar-refractivity contribution < 1.29 is 32.3 Å². The molecule has 1 saturated heterocycles. The molecule has 13 heteroatoms. The molecule has 0 saturated carbocycles. The smallest absolute Gasteiger partial charge is 0.407 e. The molecule has 0 radical (unpaired) electrons. The van der Waals surface area contributed by atoms with Gasteiger partial charge in [0.05, 0.1) is 12.2 Å². The molecule has 1 fully saturated rings. The van der Waals surface area contributed by atoms with Gasteiger partial charge < -0.3 is 23.7 Å². The first-order valence-corrected chi connectivity index (χ1v) is 13.1. The Morgan fingerprint density at radius 2 is 1.98 bits per heavy atom. The zero-order valence-corrected chi connectivity index (χ0v) is 22.7. The van der Waals surface area contributed by atoms with Crippen LogP contribution in [0.5, 0.6) is 0 Å². The first-order valence-electron chi connectivity index (χ1n) is 13.1. The zero-order valence-electron chi connectivity index (χ0n) is 22.7. The fourth-order valence-corrected chi connectivity index (χ4v) is 5.25. The highest BCUT2D eigenvalue weighted by atomic mass is 19.3. The number of hydrogen-bond donors (Lipinski definition) is 1. The van der Waals surface area contributed by atoms with Gasteiger partial charge in [0, 0.05) is 42.1 Å². The first-order chi connectivity index (χ1) is 19.4. The number of pyridine rings is 1. The van der Waals surface area contributed by atoms with Crippen molar-refractivity contribution in [2.45, 2.75) is 52.6 Å². The highest BCUT2D eigenvalue weighted by Crippen LogP contribution is 2.36. The van der Waals surface area contributed by atoms with Gasteiger partial charge in [0.1, 0.15) is 11.5 Å². The minimum atomic E-state index is -2.89. The summed E-state index contributed by atoms with van der Waals surface area (Å²) in [5, 5.41) is 16.7. The van der Waals surface area contributed by atoms with Crippen LogP contribution in [0.2, 0.25) is 0 Å². The number of nitrogens with zero attached hydrogens (tertiary/aromatic N) is 6. The Morgan fingerprint density at radius 3 is 2.63 bits per heavy atom. The summed E-state index contributed by atoms with van der Waals surface area (Å²) in [6.07, 6.45) is 0.120. The molecule has 5 rings (SSSR count). The number of amides is 2. The van der Waals surface area contributed by atoms with Gasteiger partial charge in [-0.25, -0.2) is 14.2 Å². The van der Waals surface area contributed by atoms with Crippen LogP contribution in [-0.2, 0) is 11.3 Å². The topological polar surface area (TPSA) is 117 Å². The molecule has 1 aromatic carbocycles. The van der Waals surface area contributed by atoms with E-state index in [1.165, 1.54) is 28.0 Å². The minimum Gasteiger partial charge on any atom is -0.465 e. The largest absolute Gasteiger partial charge is 0.465 e. The van der Waals surface area contributed by atoms with Crippen molar-refractivity contribution in [2.75, 3.05) is 11.4 Å². The molecule has 4 aromatic rings. The Bertz CT molecular complexity index is 1580. The van der Waals surface area contributed by atoms with Crippen LogP contribution in [0.3, 0.4) is 0 Å². The summed E-state index contributed by atoms with van der Waals surface area (Å²) in [6, 6.07) is 8.55. The molecular weight excluding hydrogens is 541 g/mol. The number of carboxylic acid groups (broad SMARTS) is 1. The number of carbonyl (C=O) groups is 2. The van der Waals surface area contributed by atoms with Crippen molar-refractivity contribution in [2.24, 2.45) is 11.3 Å². The van der Waals surface area contributed by atoms with Crippen molar-refractivity contribution in [3.8, 4) is 11.5 Å². The summed E-state index contributed by atoms with van der Waals surface area (Å²) < 4.78 is 46.7. The van der Waals surface area contributed by atoms with E-state index >= 15 is 0 Å². The van der Waals surface area contributed by atoms with E-state index < -0.39 is 35.6 Å². The second kappa shape index (κ2) is 10.9. The Morgan fingerprint density at radius 1 is 1.20 bits per heavy atom. The second-order valence-corrected chi connectivity index (χ2v) is 11.1. The molecule has 0 bridgehead atoms. The van der Waals surface area contributed by atoms with Crippen LogP contribution in [-0.4, -0.2) is 54.2 Å². The van der Waals surface area contributed by atoms with Gasteiger partial charge in [-0.3, -0.25) is 4.79 Å². The van der Waals surface area contributed by atoms with E-state index in [0.717, 1.165) is 0 Å². The lowest BCUT2D eigenvalue weighted by atomic mass is 9.76. The van der Waals surface area contributed by atoms with Crippen LogP contribution in [0.25, 0.3) is 17.1 Å². The quantitative estimate of drug-likeness (QED) is 0.311. The second-order valence-electron chi connectivity index (χ2n) is 11.1. The molecule has 10 nitrogen and oxygen atoms in total. The summed E-state index contributed by atoms with van der Waals surface area (Å²) in [4.78, 5) is 33.3. The number of anilines is 1. The standard InChI is InChI=1S/C28H29F3N6O4/c1-28(2,3)21-11-17(8-10-36(21)27(39)40)26(38)37(20-6-4-5-18(29)13-20)15-19-14-35-9-7-16(12-22(35)32-19)24-33-34-25(41-24)23(30)31/h4-7,9,12-14,17,21,23H,8,10-11,15H2,1-3H3,(H,39,40). The number of likely N-dealkylation sites (tertiary alicyclic amines) is 1. The van der Waals surface area contributed by atoms with Crippen molar-refractivity contribution >= 4 is 23.3 Å². The van der Waals surface area contributed by atoms with Crippen LogP contribution in [0.1, 0.15) is 51.6 Å². The monoisotopic (exact) mass is 570 g/mol. The van der Waals surface area contributed by atoms with Crippen LogP contribution in [0.4, 0.5) is 23.7 Å². The van der Waals surface area contributed by atoms with Crippen LogP contribution in [0, 0.1) is 17.2 Å². The van der Waals surface area contributed by atoms with E-state index in [0.29, 0.717) is 35.4 Å². The van der Waals surface area contributed by atoms with E-state index in [1.807, 2.05) is 20.8 Å². The third kappa shape index (κ3) is 5.88. The van der Waals surface area contributed by atoms with Crippen molar-refractivity contribution in [3.63, 3.8) is 0 Å². The van der Waals surface area contributed by atoms with E-state index in [2.05, 4.69) is 15.2 Å². The number of hydrogen-bond acceptors (Lipinski definition) is 6. The molecule has 1 aliphatic heterocycles. The lowest BCUT2D eigenvalue weighted by Gasteiger charge is -2.44. The molecule has 2 amide bonds. The third-order valence-electron chi connectivity index (χ3n) is 7.29. The number of alkyl halides is 2. The molecule has 4 heterocycles. The minimum absolute atomic E-state index is 0.0225. The number of imidazole rings is 1. The highest BCUT2D eigenvalue weighted by Gasteiger charge is 2.42. The number of carbonyl (C=O) groups excluding carboxylic acids is 1. The fourth-order valence-electron chi connectivity index (χ4n) is 5.25. The molecule has 2 atom stereocenters. The van der Waals surface area contributed by atoms with Gasteiger partial charge in [0.25, 0.3) is 5.89 Å². The molecule has 41 heavy (non-hydrogen) atoms. The van der Waals surface area contributed by atoms with E-state index in [9.17, 15) is 27.9 Å². The number of fused-ring (bicyclic) bond motifs is 1. The molecule has 1 N–H and O–H groups in total. The average Bonchev–Trinajstić information content (AvgIpc) is 3.57. The van der Waals surface area contributed by atoms with Gasteiger partial charge in [0.2, 0.25) is 11.8 Å². The molecule has 2 unspecified atom stereocenters. The number of aromatic nitrogens is 4. The van der Waals surface area contributed by atoms with Crippen LogP contribution >= 0.6 is 0 Å². The Hall–Kier alpha value is -4.42. The molecule has 1 aliphatic rings. The fraction of sp³-hybridized carbons (Fsp3) is 0.393. The summed E-state index contributed by atoms with van der Waals surface area (Å²) in [5.41, 5.74) is 1.29. The maximum atomic E-state index is 14.3. The van der Waals surface area contributed by atoms with E-state index in [1.54, 1.807) is 35.0 Å². The van der Waals surface area contributed by atoms with Crippen molar-refractivity contribution in [1.29, 1.82) is 0 Å². The molecule has 0 aliphatic carbocycles. The SMILES string of the molecule is CC(C)(C)C1CC(C(=O)N(Cc2cn3ccc(-c4nnc(C(F)F)o4)cc3n2)c2cccc(F)c2)CCN1C(=O)O. The van der Waals surface area contributed by atoms with E-state index in [4.69, 9.17) is 4.42 Å². The van der Waals surface area contributed by atoms with Crippen LogP contribution < -0.4 is 4.90 Å². The number of rotatable bonds is 6. The maximum Gasteiger partial charge on any atom is 0.407 e. The normalized spacial score (nSPS) is 17.8. The van der Waals surface area contributed by atoms with Gasteiger partial charge >= 0.3 is 12.5 Å².